The highest BCUT2D eigenvalue weighted by Gasteiger charge is 2.29. The van der Waals surface area contributed by atoms with Gasteiger partial charge >= 0.3 is 0 Å². The average molecular weight is 590 g/mol. The number of hydrogen-bond donors (Lipinski definition) is 2. The van der Waals surface area contributed by atoms with Crippen molar-refractivity contribution in [2.75, 3.05) is 46.6 Å². The molecule has 3 aliphatic rings. The molecule has 218 valence electrons. The largest absolute Gasteiger partial charge is 0.493 e. The van der Waals surface area contributed by atoms with Crippen molar-refractivity contribution in [3.63, 3.8) is 0 Å². The van der Waals surface area contributed by atoms with E-state index in [2.05, 4.69) is 20.0 Å². The lowest BCUT2D eigenvalue weighted by atomic mass is 9.89. The normalized spacial score (nSPS) is 17.9. The van der Waals surface area contributed by atoms with Gasteiger partial charge in [-0.3, -0.25) is 4.90 Å². The van der Waals surface area contributed by atoms with E-state index in [-0.39, 0.29) is 23.3 Å². The Kier molecular flexibility index (Phi) is 6.65. The molecule has 3 aromatic carbocycles. The Morgan fingerprint density at radius 1 is 0.952 bits per heavy atom. The van der Waals surface area contributed by atoms with Crippen LogP contribution in [0.5, 0.6) is 17.4 Å². The van der Waals surface area contributed by atoms with E-state index in [0.717, 1.165) is 52.3 Å². The number of rotatable bonds is 6. The second-order valence-electron chi connectivity index (χ2n) is 11.1. The van der Waals surface area contributed by atoms with Crippen molar-refractivity contribution in [3.05, 3.63) is 70.1 Å². The molecule has 4 heterocycles. The molecule has 4 aromatic rings. The van der Waals surface area contributed by atoms with Crippen LogP contribution in [0.3, 0.4) is 0 Å². The number of nitroso groups, excluding NO2 is 1. The molecule has 1 fully saturated rings. The van der Waals surface area contributed by atoms with Crippen molar-refractivity contribution in [1.29, 1.82) is 0 Å². The topological polar surface area (TPSA) is 128 Å². The first kappa shape index (κ1) is 26.9. The highest BCUT2D eigenvalue weighted by atomic mass is 32.2. The number of ether oxygens (including phenoxy) is 2. The zero-order chi connectivity index (χ0) is 29.0. The van der Waals surface area contributed by atoms with Crippen LogP contribution in [0, 0.1) is 4.91 Å². The Morgan fingerprint density at radius 3 is 2.48 bits per heavy atom. The number of nitrogens with zero attached hydrogens (tertiary/aromatic N) is 4. The summed E-state index contributed by atoms with van der Waals surface area (Å²) in [7, 11) is -1.64. The summed E-state index contributed by atoms with van der Waals surface area (Å²) in [5.41, 5.74) is 5.69. The van der Waals surface area contributed by atoms with Gasteiger partial charge in [0.25, 0.3) is 0 Å². The van der Waals surface area contributed by atoms with E-state index in [0.29, 0.717) is 50.2 Å². The second kappa shape index (κ2) is 10.4. The number of aromatic nitrogens is 1. The van der Waals surface area contributed by atoms with Crippen LogP contribution in [0.4, 0.5) is 5.69 Å². The maximum Gasteiger partial charge on any atom is 0.243 e. The fourth-order valence-electron chi connectivity index (χ4n) is 6.26. The van der Waals surface area contributed by atoms with E-state index in [1.807, 2.05) is 43.4 Å². The van der Waals surface area contributed by atoms with Crippen LogP contribution in [-0.2, 0) is 29.5 Å². The van der Waals surface area contributed by atoms with Crippen molar-refractivity contribution in [1.82, 2.24) is 19.1 Å². The SMILES string of the molecule is CN1CCc2c(-c3ccc(S(=O)(=O)N4CCN(Cc5ccc6c(c5)OCO6)CC4)cc3)cc3c(N=O)c(O)[nH]c3c2C1. The third kappa shape index (κ3) is 4.60. The van der Waals surface area contributed by atoms with Crippen LogP contribution in [-0.4, -0.2) is 79.2 Å². The summed E-state index contributed by atoms with van der Waals surface area (Å²) in [6.45, 7) is 4.54. The van der Waals surface area contributed by atoms with E-state index in [4.69, 9.17) is 9.47 Å². The number of aromatic hydroxyl groups is 1. The molecular formula is C30H31N5O6S. The van der Waals surface area contributed by atoms with Gasteiger partial charge in [0, 0.05) is 51.2 Å². The summed E-state index contributed by atoms with van der Waals surface area (Å²) >= 11 is 0. The fraction of sp³-hybridized carbons (Fsp3) is 0.333. The van der Waals surface area contributed by atoms with Crippen molar-refractivity contribution in [2.45, 2.75) is 24.4 Å². The zero-order valence-corrected chi connectivity index (χ0v) is 24.0. The van der Waals surface area contributed by atoms with E-state index in [9.17, 15) is 18.4 Å². The molecular weight excluding hydrogens is 558 g/mol. The molecule has 0 saturated carbocycles. The van der Waals surface area contributed by atoms with Crippen molar-refractivity contribution < 1.29 is 23.0 Å². The van der Waals surface area contributed by atoms with Crippen LogP contribution in [0.2, 0.25) is 0 Å². The Bertz CT molecular complexity index is 1800. The predicted octanol–water partition coefficient (Wildman–Crippen LogP) is 4.16. The maximum absolute atomic E-state index is 13.6. The number of hydrogen-bond acceptors (Lipinski definition) is 9. The maximum atomic E-state index is 13.6. The van der Waals surface area contributed by atoms with E-state index in [1.165, 1.54) is 0 Å². The number of piperazine rings is 1. The lowest BCUT2D eigenvalue weighted by Gasteiger charge is -2.34. The highest BCUT2D eigenvalue weighted by Crippen LogP contribution is 2.43. The van der Waals surface area contributed by atoms with E-state index >= 15 is 0 Å². The van der Waals surface area contributed by atoms with Crippen LogP contribution >= 0.6 is 0 Å². The standard InChI is InChI=1S/C30H31N5O6S/c1-33-9-8-22-23(15-24-28(25(22)17-33)31-30(36)29(24)32-37)20-3-5-21(6-4-20)42(38,39)35-12-10-34(11-13-35)16-19-2-7-26-27(14-19)41-18-40-26/h2-7,14-15,31,36H,8-13,16-18H2,1H3. The molecule has 0 unspecified atom stereocenters. The minimum Gasteiger partial charge on any atom is -0.493 e. The molecule has 0 spiro atoms. The molecule has 0 bridgehead atoms. The quantitative estimate of drug-likeness (QED) is 0.321. The lowest BCUT2D eigenvalue weighted by molar-refractivity contribution is 0.173. The molecule has 7 rings (SSSR count). The van der Waals surface area contributed by atoms with Crippen LogP contribution in [0.15, 0.2) is 58.6 Å². The summed E-state index contributed by atoms with van der Waals surface area (Å²) < 4.78 is 39.5. The molecule has 3 aliphatic heterocycles. The summed E-state index contributed by atoms with van der Waals surface area (Å²) in [4.78, 5) is 19.1. The zero-order valence-electron chi connectivity index (χ0n) is 23.2. The molecule has 11 nitrogen and oxygen atoms in total. The number of sulfonamides is 1. The molecule has 1 saturated heterocycles. The average Bonchev–Trinajstić information content (AvgIpc) is 3.60. The van der Waals surface area contributed by atoms with Crippen LogP contribution in [0.1, 0.15) is 16.7 Å². The van der Waals surface area contributed by atoms with Gasteiger partial charge in [-0.2, -0.15) is 4.31 Å². The molecule has 42 heavy (non-hydrogen) atoms. The van der Waals surface area contributed by atoms with Crippen LogP contribution in [0.25, 0.3) is 22.0 Å². The van der Waals surface area contributed by atoms with Gasteiger partial charge in [-0.1, -0.05) is 18.2 Å². The summed E-state index contributed by atoms with van der Waals surface area (Å²) in [5, 5.41) is 13.9. The minimum absolute atomic E-state index is 0.0147. The number of fused-ring (bicyclic) bond motifs is 4. The predicted molar refractivity (Wildman–Crippen MR) is 157 cm³/mol. The summed E-state index contributed by atoms with van der Waals surface area (Å²) in [6, 6.07) is 14.7. The van der Waals surface area contributed by atoms with Gasteiger partial charge in [-0.15, -0.1) is 4.91 Å². The molecule has 0 radical (unpaired) electrons. The van der Waals surface area contributed by atoms with Gasteiger partial charge in [0.1, 0.15) is 0 Å². The first-order valence-corrected chi connectivity index (χ1v) is 15.4. The fourth-order valence-corrected chi connectivity index (χ4v) is 7.68. The van der Waals surface area contributed by atoms with Gasteiger partial charge < -0.3 is 24.5 Å². The van der Waals surface area contributed by atoms with E-state index in [1.54, 1.807) is 16.4 Å². The third-order valence-corrected chi connectivity index (χ3v) is 10.4. The van der Waals surface area contributed by atoms with Gasteiger partial charge in [0.2, 0.25) is 22.7 Å². The third-order valence-electron chi connectivity index (χ3n) is 8.51. The molecule has 0 atom stereocenters. The van der Waals surface area contributed by atoms with Gasteiger partial charge in [0.15, 0.2) is 17.2 Å². The van der Waals surface area contributed by atoms with Crippen molar-refractivity contribution >= 4 is 26.6 Å². The van der Waals surface area contributed by atoms with Crippen molar-refractivity contribution in [2.24, 2.45) is 5.18 Å². The van der Waals surface area contributed by atoms with Gasteiger partial charge in [0.05, 0.1) is 10.4 Å². The smallest absolute Gasteiger partial charge is 0.243 e. The first-order chi connectivity index (χ1) is 20.3. The monoisotopic (exact) mass is 589 g/mol. The Hall–Kier alpha value is -3.97. The summed E-state index contributed by atoms with van der Waals surface area (Å²) in [6.07, 6.45) is 0.789. The summed E-state index contributed by atoms with van der Waals surface area (Å²) in [5.74, 6) is 1.25. The highest BCUT2D eigenvalue weighted by molar-refractivity contribution is 7.89. The Morgan fingerprint density at radius 2 is 1.71 bits per heavy atom. The molecule has 1 aromatic heterocycles. The number of aromatic amines is 1. The molecule has 0 amide bonds. The van der Waals surface area contributed by atoms with Crippen LogP contribution < -0.4 is 9.47 Å². The Balaban J connectivity index is 1.10. The number of nitrogens with one attached hydrogen (secondary N) is 1. The number of H-pyrrole nitrogens is 1. The minimum atomic E-state index is -3.66. The first-order valence-electron chi connectivity index (χ1n) is 13.9. The molecule has 12 heteroatoms. The molecule has 2 N–H and O–H groups in total. The number of likely N-dealkylation sites (N-methyl/N-ethyl adjacent to an activating group) is 1. The number of benzene rings is 3. The van der Waals surface area contributed by atoms with E-state index < -0.39 is 10.0 Å². The second-order valence-corrected chi connectivity index (χ2v) is 13.0. The van der Waals surface area contributed by atoms with Gasteiger partial charge in [-0.25, -0.2) is 8.42 Å². The van der Waals surface area contributed by atoms with Gasteiger partial charge in [-0.05, 0) is 76.8 Å². The Labute approximate surface area is 243 Å². The lowest BCUT2D eigenvalue weighted by Crippen LogP contribution is -2.48. The molecule has 0 aliphatic carbocycles. The van der Waals surface area contributed by atoms with Crippen molar-refractivity contribution in [3.8, 4) is 28.5 Å².